The number of aliphatic hydroxyl groups excluding tert-OH is 1. The molecular formula is C72H140O17P2. The van der Waals surface area contributed by atoms with Gasteiger partial charge in [-0.15, -0.1) is 0 Å². The molecule has 0 bridgehead atoms. The molecule has 0 amide bonds. The highest BCUT2D eigenvalue weighted by atomic mass is 31.2. The van der Waals surface area contributed by atoms with E-state index in [0.717, 1.165) is 102 Å². The number of aliphatic hydroxyl groups is 1. The molecule has 0 saturated carbocycles. The quantitative estimate of drug-likeness (QED) is 0.0222. The van der Waals surface area contributed by atoms with Gasteiger partial charge in [-0.25, -0.2) is 9.13 Å². The van der Waals surface area contributed by atoms with E-state index in [4.69, 9.17) is 37.0 Å². The Hall–Kier alpha value is -1.94. The first-order valence-electron chi connectivity index (χ1n) is 37.6. The Bertz CT molecular complexity index is 1750. The molecule has 0 aromatic carbocycles. The number of ether oxygens (including phenoxy) is 4. The maximum absolute atomic E-state index is 13.0. The Labute approximate surface area is 556 Å². The Morgan fingerprint density at radius 1 is 0.297 bits per heavy atom. The van der Waals surface area contributed by atoms with Crippen molar-refractivity contribution in [2.24, 2.45) is 5.92 Å². The van der Waals surface area contributed by atoms with Crippen LogP contribution in [-0.4, -0.2) is 96.7 Å². The highest BCUT2D eigenvalue weighted by molar-refractivity contribution is 7.47. The molecule has 3 N–H and O–H groups in total. The van der Waals surface area contributed by atoms with Gasteiger partial charge in [0.15, 0.2) is 12.2 Å². The van der Waals surface area contributed by atoms with E-state index in [2.05, 4.69) is 34.6 Å². The zero-order valence-electron chi connectivity index (χ0n) is 59.0. The van der Waals surface area contributed by atoms with Crippen molar-refractivity contribution in [2.45, 2.75) is 393 Å². The second-order valence-electron chi connectivity index (χ2n) is 26.5. The van der Waals surface area contributed by atoms with Crippen molar-refractivity contribution < 1.29 is 80.2 Å². The largest absolute Gasteiger partial charge is 0.472 e. The number of esters is 4. The molecule has 2 unspecified atom stereocenters. The maximum atomic E-state index is 13.0. The molecule has 0 radical (unpaired) electrons. The molecule has 0 fully saturated rings. The van der Waals surface area contributed by atoms with Crippen molar-refractivity contribution in [1.82, 2.24) is 0 Å². The fourth-order valence-electron chi connectivity index (χ4n) is 11.0. The van der Waals surface area contributed by atoms with Gasteiger partial charge in [0.05, 0.1) is 26.4 Å². The smallest absolute Gasteiger partial charge is 0.462 e. The number of unbranched alkanes of at least 4 members (excludes halogenated alkanes) is 44. The number of hydrogen-bond donors (Lipinski definition) is 3. The van der Waals surface area contributed by atoms with Crippen LogP contribution in [0.1, 0.15) is 375 Å². The van der Waals surface area contributed by atoms with Crippen molar-refractivity contribution in [1.29, 1.82) is 0 Å². The van der Waals surface area contributed by atoms with E-state index in [9.17, 15) is 43.2 Å². The van der Waals surface area contributed by atoms with Crippen LogP contribution in [0.2, 0.25) is 0 Å². The third kappa shape index (κ3) is 66.5. The summed E-state index contributed by atoms with van der Waals surface area (Å²) in [6.45, 7) is 7.18. The molecule has 0 aliphatic rings. The molecule has 0 aliphatic carbocycles. The Kier molecular flexibility index (Phi) is 64.0. The molecule has 0 aromatic rings. The van der Waals surface area contributed by atoms with Gasteiger partial charge in [0.1, 0.15) is 19.3 Å². The van der Waals surface area contributed by atoms with E-state index in [0.29, 0.717) is 25.7 Å². The number of rotatable bonds is 72. The van der Waals surface area contributed by atoms with Crippen LogP contribution in [0, 0.1) is 5.92 Å². The van der Waals surface area contributed by atoms with Gasteiger partial charge in [-0.2, -0.15) is 0 Å². The first-order valence-corrected chi connectivity index (χ1v) is 40.6. The molecule has 0 aliphatic heterocycles. The van der Waals surface area contributed by atoms with Gasteiger partial charge in [0.2, 0.25) is 0 Å². The average Bonchev–Trinajstić information content (AvgIpc) is 3.72. The summed E-state index contributed by atoms with van der Waals surface area (Å²) in [5.74, 6) is -1.36. The van der Waals surface area contributed by atoms with Gasteiger partial charge in [-0.3, -0.25) is 37.3 Å². The summed E-state index contributed by atoms with van der Waals surface area (Å²) in [5, 5.41) is 10.6. The molecule has 91 heavy (non-hydrogen) atoms. The fourth-order valence-corrected chi connectivity index (χ4v) is 12.6. The number of phosphoric ester groups is 2. The van der Waals surface area contributed by atoms with Crippen molar-refractivity contribution in [3.05, 3.63) is 0 Å². The molecule has 0 spiro atoms. The SMILES string of the molecule is CCCCCCCCCCCCCCCCCCC(=O)OC[C@H](COP(=O)(O)OC[C@@H](O)COP(=O)(O)OC[C@@H](COC(=O)CCCCCCC)OC(=O)CCCCCCCCCCCCCC(C)C)OC(=O)CCCCCCCCCCCCCCCCCC. The number of hydrogen-bond acceptors (Lipinski definition) is 15. The summed E-state index contributed by atoms with van der Waals surface area (Å²) in [4.78, 5) is 72.4. The molecule has 19 heteroatoms. The van der Waals surface area contributed by atoms with Crippen molar-refractivity contribution >= 4 is 39.5 Å². The minimum absolute atomic E-state index is 0.106. The highest BCUT2D eigenvalue weighted by Crippen LogP contribution is 2.45. The highest BCUT2D eigenvalue weighted by Gasteiger charge is 2.30. The summed E-state index contributed by atoms with van der Waals surface area (Å²) in [5.41, 5.74) is 0. The van der Waals surface area contributed by atoms with Crippen LogP contribution in [0.25, 0.3) is 0 Å². The van der Waals surface area contributed by atoms with Crippen LogP contribution >= 0.6 is 15.6 Å². The molecule has 0 saturated heterocycles. The predicted octanol–water partition coefficient (Wildman–Crippen LogP) is 20.9. The third-order valence-electron chi connectivity index (χ3n) is 16.8. The monoisotopic (exact) mass is 1340 g/mol. The lowest BCUT2D eigenvalue weighted by molar-refractivity contribution is -0.161. The molecule has 5 atom stereocenters. The molecule has 0 heterocycles. The average molecular weight is 1340 g/mol. The van der Waals surface area contributed by atoms with Gasteiger partial charge in [0.25, 0.3) is 0 Å². The third-order valence-corrected chi connectivity index (χ3v) is 18.7. The first-order chi connectivity index (χ1) is 44.0. The topological polar surface area (TPSA) is 237 Å². The van der Waals surface area contributed by atoms with E-state index >= 15 is 0 Å². The normalized spacial score (nSPS) is 14.0. The van der Waals surface area contributed by atoms with Crippen LogP contribution in [0.5, 0.6) is 0 Å². The zero-order valence-corrected chi connectivity index (χ0v) is 60.8. The van der Waals surface area contributed by atoms with Crippen molar-refractivity contribution in [3.8, 4) is 0 Å². The fraction of sp³-hybridized carbons (Fsp3) is 0.944. The maximum Gasteiger partial charge on any atom is 0.472 e. The minimum atomic E-state index is -4.95. The van der Waals surface area contributed by atoms with Gasteiger partial charge in [0, 0.05) is 25.7 Å². The van der Waals surface area contributed by atoms with E-state index in [1.54, 1.807) is 0 Å². The van der Waals surface area contributed by atoms with Gasteiger partial charge in [-0.1, -0.05) is 324 Å². The summed E-state index contributed by atoms with van der Waals surface area (Å²) < 4.78 is 68.2. The van der Waals surface area contributed by atoms with Crippen molar-refractivity contribution in [3.63, 3.8) is 0 Å². The predicted molar refractivity (Wildman–Crippen MR) is 368 cm³/mol. The zero-order chi connectivity index (χ0) is 67.0. The van der Waals surface area contributed by atoms with Crippen LogP contribution in [0.3, 0.4) is 0 Å². The van der Waals surface area contributed by atoms with Gasteiger partial charge in [-0.05, 0) is 31.6 Å². The standard InChI is InChI=1S/C72H140O17P2/c1-6-9-12-15-17-19-21-23-25-27-29-33-37-41-46-51-56-70(75)83-62-68(89-72(77)57-52-47-42-38-34-30-28-26-24-22-20-18-16-13-10-7-2)64-87-91(80,81)85-60-66(73)59-84-90(78,79)86-63-67(61-82-69(74)55-50-44-14-11-8-3)88-71(76)58-53-48-43-39-35-31-32-36-40-45-49-54-65(4)5/h65-68,73H,6-64H2,1-5H3,(H,78,79)(H,80,81)/t66-,67+,68+/m0/s1. The minimum Gasteiger partial charge on any atom is -0.462 e. The number of phosphoric acid groups is 2. The Morgan fingerprint density at radius 3 is 0.747 bits per heavy atom. The molecule has 540 valence electrons. The van der Waals surface area contributed by atoms with E-state index < -0.39 is 97.5 Å². The van der Waals surface area contributed by atoms with Gasteiger partial charge < -0.3 is 33.8 Å². The van der Waals surface area contributed by atoms with Gasteiger partial charge >= 0.3 is 39.5 Å². The molecule has 0 aromatic heterocycles. The van der Waals surface area contributed by atoms with E-state index in [1.165, 1.54) is 193 Å². The van der Waals surface area contributed by atoms with Crippen LogP contribution < -0.4 is 0 Å². The first kappa shape index (κ1) is 89.1. The lowest BCUT2D eigenvalue weighted by Crippen LogP contribution is -2.30. The Balaban J connectivity index is 5.15. The number of carbonyl (C=O) groups excluding carboxylic acids is 4. The van der Waals surface area contributed by atoms with E-state index in [-0.39, 0.29) is 25.7 Å². The summed E-state index contributed by atoms with van der Waals surface area (Å²) in [7, 11) is -9.89. The molecular weight excluding hydrogens is 1200 g/mol. The van der Waals surface area contributed by atoms with Crippen LogP contribution in [-0.2, 0) is 65.4 Å². The summed E-state index contributed by atoms with van der Waals surface area (Å²) >= 11 is 0. The lowest BCUT2D eigenvalue weighted by Gasteiger charge is -2.21. The van der Waals surface area contributed by atoms with Crippen LogP contribution in [0.15, 0.2) is 0 Å². The lowest BCUT2D eigenvalue weighted by atomic mass is 10.0. The second-order valence-corrected chi connectivity index (χ2v) is 29.4. The van der Waals surface area contributed by atoms with Crippen LogP contribution in [0.4, 0.5) is 0 Å². The number of carbonyl (C=O) groups is 4. The summed E-state index contributed by atoms with van der Waals surface area (Å²) in [6, 6.07) is 0. The molecule has 17 nitrogen and oxygen atoms in total. The second kappa shape index (κ2) is 65.4. The summed E-state index contributed by atoms with van der Waals surface area (Å²) in [6.07, 6.45) is 53.1. The molecule has 0 rings (SSSR count). The van der Waals surface area contributed by atoms with Crippen molar-refractivity contribution in [2.75, 3.05) is 39.6 Å². The van der Waals surface area contributed by atoms with E-state index in [1.807, 2.05) is 0 Å². The Morgan fingerprint density at radius 2 is 0.505 bits per heavy atom.